The lowest BCUT2D eigenvalue weighted by molar-refractivity contribution is -0.136. The highest BCUT2D eigenvalue weighted by atomic mass is 35.5. The first-order valence-corrected chi connectivity index (χ1v) is 52.6. The first-order valence-electron chi connectivity index (χ1n) is 49.3. The zero-order valence-corrected chi connectivity index (χ0v) is 89.9. The number of nitrogens with one attached hydrogen (secondary N) is 7. The molecule has 0 bridgehead atoms. The number of halogens is 3. The number of aryl methyl sites for hydroxylation is 4. The molecule has 0 spiro atoms. The van der Waals surface area contributed by atoms with E-state index < -0.39 is 57.7 Å². The van der Waals surface area contributed by atoms with Gasteiger partial charge in [0.25, 0.3) is 11.8 Å². The Morgan fingerprint density at radius 2 is 1.31 bits per heavy atom. The van der Waals surface area contributed by atoms with Crippen LogP contribution >= 0.6 is 46.6 Å². The van der Waals surface area contributed by atoms with Gasteiger partial charge in [-0.1, -0.05) is 175 Å². The molecule has 2 aliphatic heterocycles. The zero-order valence-electron chi connectivity index (χ0n) is 86.0. The van der Waals surface area contributed by atoms with Gasteiger partial charge in [0.2, 0.25) is 28.7 Å². The van der Waals surface area contributed by atoms with Gasteiger partial charge in [0.1, 0.15) is 49.2 Å². The van der Waals surface area contributed by atoms with Gasteiger partial charge in [0.05, 0.1) is 59.3 Å². The van der Waals surface area contributed by atoms with Crippen LogP contribution in [0.4, 0.5) is 10.5 Å². The van der Waals surface area contributed by atoms with E-state index in [0.717, 1.165) is 91.4 Å². The maximum Gasteiger partial charge on any atom is 0.416 e. The molecule has 11 heterocycles. The second-order valence-corrected chi connectivity index (χ2v) is 41.5. The number of aliphatic carboxylic acids is 1. The molecular weight excluding hydrogens is 2000 g/mol. The number of carboxylic acids is 1. The van der Waals surface area contributed by atoms with Crippen molar-refractivity contribution in [2.24, 2.45) is 22.9 Å². The monoisotopic (exact) mass is 2120 g/mol. The molecule has 1 aliphatic carbocycles. The number of ether oxygens (including phenoxy) is 6. The molecule has 4 amide bonds. The smallest absolute Gasteiger partial charge is 0.416 e. The molecule has 2 fully saturated rings. The molecule has 1 saturated carbocycles. The highest BCUT2D eigenvalue weighted by molar-refractivity contribution is 7.99. The van der Waals surface area contributed by atoms with Crippen LogP contribution in [-0.2, 0) is 51.6 Å². The summed E-state index contributed by atoms with van der Waals surface area (Å²) in [5, 5.41) is 52.6. The van der Waals surface area contributed by atoms with Crippen molar-refractivity contribution in [1.82, 2.24) is 99.2 Å². The number of imidazole rings is 1. The van der Waals surface area contributed by atoms with Crippen molar-refractivity contribution >= 4 is 138 Å². The molecule has 1 saturated heterocycles. The van der Waals surface area contributed by atoms with Gasteiger partial charge in [-0.3, -0.25) is 39.6 Å². The molecule has 37 nitrogen and oxygen atoms in total. The lowest BCUT2D eigenvalue weighted by atomic mass is 9.73. The Hall–Kier alpha value is -14.4. The molecular formula is C107H123Cl3N22O15S2. The van der Waals surface area contributed by atoms with Crippen LogP contribution < -0.4 is 39.1 Å². The van der Waals surface area contributed by atoms with E-state index in [1.165, 1.54) is 17.3 Å². The van der Waals surface area contributed by atoms with E-state index in [4.69, 9.17) is 77.5 Å². The Labute approximate surface area is 883 Å². The van der Waals surface area contributed by atoms with Crippen molar-refractivity contribution in [2.75, 3.05) is 50.5 Å². The fourth-order valence-corrected chi connectivity index (χ4v) is 19.3. The van der Waals surface area contributed by atoms with E-state index in [-0.39, 0.29) is 59.4 Å². The van der Waals surface area contributed by atoms with E-state index in [9.17, 15) is 33.0 Å². The summed E-state index contributed by atoms with van der Waals surface area (Å²) in [6.07, 6.45) is 1.99. The van der Waals surface area contributed by atoms with Gasteiger partial charge in [-0.2, -0.15) is 19.0 Å². The largest absolute Gasteiger partial charge is 0.481 e. The molecule has 3 aliphatic rings. The van der Waals surface area contributed by atoms with Gasteiger partial charge in [0.15, 0.2) is 63.9 Å². The minimum Gasteiger partial charge on any atom is -0.481 e. The number of carbonyl (C=O) groups is 6. The van der Waals surface area contributed by atoms with Crippen molar-refractivity contribution in [3.05, 3.63) is 249 Å². The molecule has 42 heteroatoms. The van der Waals surface area contributed by atoms with Crippen molar-refractivity contribution in [2.45, 2.75) is 207 Å². The fraction of sp³-hybridized carbons (Fsp3) is 0.374. The summed E-state index contributed by atoms with van der Waals surface area (Å²) in [5.41, 5.74) is 12.5. The molecule has 8 N–H and O–H groups in total. The molecule has 784 valence electrons. The summed E-state index contributed by atoms with van der Waals surface area (Å²) >= 11 is 18.5. The Morgan fingerprint density at radius 3 is 1.96 bits per heavy atom. The Morgan fingerprint density at radius 1 is 0.658 bits per heavy atom. The minimum atomic E-state index is -1.72. The van der Waals surface area contributed by atoms with Crippen molar-refractivity contribution < 1.29 is 70.7 Å². The first kappa shape index (κ1) is 109. The predicted molar refractivity (Wildman–Crippen MR) is 573 cm³/mol. The van der Waals surface area contributed by atoms with Gasteiger partial charge in [-0.25, -0.2) is 42.8 Å². The number of thioether (sulfide) groups is 1. The highest BCUT2D eigenvalue weighted by Gasteiger charge is 2.47. The number of hydrogen-bond acceptors (Lipinski definition) is 24. The highest BCUT2D eigenvalue weighted by Crippen LogP contribution is 2.42. The van der Waals surface area contributed by atoms with Gasteiger partial charge >= 0.3 is 18.0 Å². The van der Waals surface area contributed by atoms with E-state index in [2.05, 4.69) is 110 Å². The van der Waals surface area contributed by atoms with E-state index >= 15 is 0 Å². The van der Waals surface area contributed by atoms with Gasteiger partial charge in [-0.05, 0) is 207 Å². The van der Waals surface area contributed by atoms with Crippen molar-refractivity contribution in [1.29, 1.82) is 0 Å². The summed E-state index contributed by atoms with van der Waals surface area (Å²) in [5.74, 6) is 5.28. The molecule has 7 unspecified atom stereocenters. The average Bonchev–Trinajstić information content (AvgIpc) is 1.58. The maximum atomic E-state index is 13.4. The number of morpholine rings is 1. The predicted octanol–water partition coefficient (Wildman–Crippen LogP) is 20.0. The SMILES string of the molecule is CC1=Nn2c(nnc2C(C)(C)C(C)(C)NC(=O)C(C)Oc2ccc(S(=O)Oc3ccc(Cc4ccccc4)cc3)cc2)C1Cl.CCC(=O)Nc1ccc(-c2nc3c(Cl)c(C)[nH]n3n2)cc1.CCC(Oc1cccc(C)c1)C(=O)NCC(C)c1nc2c(Cl)c(C)[nH]n2n1.CCOc1[nH]n2c(nc3ccccc32)c1SCCC(=O)O.Cc1ccc(-c2nc3c(C(=O)OC4C(C)CC(C)CC4C)cc(OC(=O)N4CCOCC4)n3[nH]2)cc1. The lowest BCUT2D eigenvalue weighted by Gasteiger charge is -2.41. The normalized spacial score (nSPS) is 16.3. The minimum absolute atomic E-state index is 0.0153. The van der Waals surface area contributed by atoms with Crippen LogP contribution in [0.1, 0.15) is 195 Å². The number of H-pyrrole nitrogens is 4. The van der Waals surface area contributed by atoms with E-state index in [1.54, 1.807) is 60.6 Å². The summed E-state index contributed by atoms with van der Waals surface area (Å²) in [4.78, 5) is 95.1. The van der Waals surface area contributed by atoms with Crippen LogP contribution in [-0.4, -0.2) is 208 Å². The number of nitrogens with zero attached hydrogens (tertiary/aromatic N) is 15. The number of fused-ring (bicyclic) bond motifs is 7. The van der Waals surface area contributed by atoms with Crippen LogP contribution in [0.25, 0.3) is 56.4 Å². The van der Waals surface area contributed by atoms with Crippen molar-refractivity contribution in [3.63, 3.8) is 0 Å². The number of rotatable bonds is 31. The molecule has 7 aromatic carbocycles. The number of esters is 1. The first-order chi connectivity index (χ1) is 71.3. The Bertz CT molecular complexity index is 7460. The Kier molecular flexibility index (Phi) is 35.3. The average molecular weight is 2130 g/mol. The number of benzene rings is 7. The van der Waals surface area contributed by atoms with E-state index in [0.29, 0.717) is 148 Å². The van der Waals surface area contributed by atoms with Crippen LogP contribution in [0, 0.1) is 45.4 Å². The van der Waals surface area contributed by atoms with Gasteiger partial charge in [0, 0.05) is 71.6 Å². The molecule has 16 aromatic rings. The Balaban J connectivity index is 0.000000143. The number of para-hydroxylation sites is 2. The maximum absolute atomic E-state index is 13.4. The number of aromatic nitrogens is 17. The third kappa shape index (κ3) is 26.1. The van der Waals surface area contributed by atoms with E-state index in [1.807, 2.05) is 234 Å². The molecule has 0 radical (unpaired) electrons. The molecule has 149 heavy (non-hydrogen) atoms. The zero-order chi connectivity index (χ0) is 106. The van der Waals surface area contributed by atoms with Crippen LogP contribution in [0.5, 0.6) is 29.0 Å². The molecule has 9 aromatic heterocycles. The van der Waals surface area contributed by atoms with Crippen LogP contribution in [0.3, 0.4) is 0 Å². The quantitative estimate of drug-likeness (QED) is 0.0114. The van der Waals surface area contributed by atoms with Crippen LogP contribution in [0.2, 0.25) is 10.0 Å². The van der Waals surface area contributed by atoms with Crippen LogP contribution in [0.15, 0.2) is 197 Å². The summed E-state index contributed by atoms with van der Waals surface area (Å²) in [6.45, 7) is 36.0. The number of hydrogen-bond donors (Lipinski definition) is 8. The third-order valence-corrected chi connectivity index (χ3v) is 29.5. The van der Waals surface area contributed by atoms with Gasteiger partial charge < -0.3 is 58.6 Å². The summed E-state index contributed by atoms with van der Waals surface area (Å²) < 4.78 is 61.2. The standard InChI is InChI=1S/C33H36ClN5O4S.C27H34N4O5.C19H24ClN5O2.C14H14ClN5O.C14H15N3O3S/c1-21-28(34)29-36-37-31(39(29)38-21)32(3,4)33(5,6)35-30(40)22(2)42-25-16-18-27(19-17-25)44(41)43-26-14-12-24(13-15-26)20-23-10-8-7-9-11-23;1-16-5-7-20(8-6-16)24-28-25-21(26(32)36-23-18(3)13-17(2)14-19(23)4)15-22(31(25)29-24)35-27(33)30-9-11-34-12-10-30;1-5-15(27-14-8-6-7-11(2)9-14)19(26)21-10-12(3)17-22-18-16(20)13(4)23-25(18)24-17;1-3-11(21)16-10-6-4-9(5-7-10)13-17-14-12(15)8(2)18-20(14)19-13;1-2-20-14-12(21-8-7-11(18)19)13-15-9-5-3-4-6-10(9)17(13)16-14/h7-19,22,28H,20H2,1-6H3,(H,35,40);5-8,15,17-19,23H,9-14H2,1-4H3,(H,28,29);6-9,12,15,23H,5,10H2,1-4H3,(H,21,26);4-7,18H,3H2,1-2H3,(H,16,21);3-6,16H,2,7-8H2,1H3,(H,18,19). The topological polar surface area (TPSA) is 445 Å². The second kappa shape index (κ2) is 48.3. The fourth-order valence-electron chi connectivity index (χ4n) is 17.1. The number of aromatic amines is 4. The number of amides is 4. The number of carboxylic acid groups (broad SMARTS) is 1. The lowest BCUT2D eigenvalue weighted by Crippen LogP contribution is -2.59. The number of anilines is 1. The molecule has 7 atom stereocenters. The third-order valence-electron chi connectivity index (χ3n) is 26.0. The van der Waals surface area contributed by atoms with Crippen molar-refractivity contribution in [3.8, 4) is 51.8 Å². The van der Waals surface area contributed by atoms with Gasteiger partial charge in [-0.15, -0.1) is 43.8 Å². The number of carbonyl (C=O) groups excluding carboxylic acids is 5. The second-order valence-electron chi connectivity index (χ2n) is 38.1. The summed E-state index contributed by atoms with van der Waals surface area (Å²) in [6, 6.07) is 56.7. The molecule has 19 rings (SSSR count). The summed E-state index contributed by atoms with van der Waals surface area (Å²) in [7, 11) is 0. The number of alkyl halides is 1.